The van der Waals surface area contributed by atoms with Crippen molar-refractivity contribution in [3.05, 3.63) is 82.8 Å². The number of nitrogens with two attached hydrogens (primary N) is 1. The van der Waals surface area contributed by atoms with Crippen LogP contribution < -0.4 is 5.73 Å². The van der Waals surface area contributed by atoms with E-state index in [1.54, 1.807) is 24.0 Å². The molecule has 0 radical (unpaired) electrons. The highest BCUT2D eigenvalue weighted by Gasteiger charge is 2.35. The lowest BCUT2D eigenvalue weighted by atomic mass is 9.87. The number of benzene rings is 2. The Morgan fingerprint density at radius 3 is 2.50 bits per heavy atom. The molecule has 2 N–H and O–H groups in total. The number of halogens is 1. The van der Waals surface area contributed by atoms with E-state index in [2.05, 4.69) is 13.8 Å². The molecule has 0 unspecified atom stereocenters. The van der Waals surface area contributed by atoms with E-state index in [4.69, 9.17) is 20.2 Å². The molecule has 7 nitrogen and oxygen atoms in total. The minimum absolute atomic E-state index is 0.0503. The number of urea groups is 1. The van der Waals surface area contributed by atoms with Crippen LogP contribution in [0.5, 0.6) is 0 Å². The van der Waals surface area contributed by atoms with Crippen LogP contribution in [0.3, 0.4) is 0 Å². The third kappa shape index (κ3) is 6.30. The fourth-order valence-electron chi connectivity index (χ4n) is 6.00. The smallest absolute Gasteiger partial charge is 0.315 e. The van der Waals surface area contributed by atoms with Crippen LogP contribution in [-0.4, -0.2) is 39.7 Å². The summed E-state index contributed by atoms with van der Waals surface area (Å²) in [5.41, 5.74) is 12.8. The maximum Gasteiger partial charge on any atom is 0.315 e. The molecule has 2 aliphatic rings. The van der Waals surface area contributed by atoms with Gasteiger partial charge in [0.25, 0.3) is 0 Å². The summed E-state index contributed by atoms with van der Waals surface area (Å²) >= 11 is 0. The summed E-state index contributed by atoms with van der Waals surface area (Å²) in [7, 11) is 0. The number of hydrogen-bond acceptors (Lipinski definition) is 5. The monoisotopic (exact) mass is 571 g/mol. The molecule has 3 aromatic rings. The van der Waals surface area contributed by atoms with Gasteiger partial charge in [-0.2, -0.15) is 0 Å². The molecule has 2 aliphatic heterocycles. The van der Waals surface area contributed by atoms with Gasteiger partial charge in [0, 0.05) is 36.1 Å². The van der Waals surface area contributed by atoms with Crippen molar-refractivity contribution in [2.45, 2.75) is 84.5 Å². The molecule has 1 saturated heterocycles. The van der Waals surface area contributed by atoms with Crippen molar-refractivity contribution in [3.8, 4) is 22.4 Å². The fraction of sp³-hybridized carbons (Fsp3) is 0.382. The van der Waals surface area contributed by atoms with Crippen molar-refractivity contribution in [1.82, 2.24) is 9.88 Å². The van der Waals surface area contributed by atoms with E-state index in [9.17, 15) is 14.0 Å². The van der Waals surface area contributed by atoms with Crippen molar-refractivity contribution < 1.29 is 23.5 Å². The van der Waals surface area contributed by atoms with Gasteiger partial charge in [0.05, 0.1) is 30.1 Å². The van der Waals surface area contributed by atoms with Crippen molar-refractivity contribution in [3.63, 3.8) is 0 Å². The molecule has 0 spiro atoms. The molecule has 0 bridgehead atoms. The maximum absolute atomic E-state index is 14.1. The number of hydrogen-bond donors (Lipinski definition) is 1. The summed E-state index contributed by atoms with van der Waals surface area (Å²) in [4.78, 5) is 31.3. The molecule has 220 valence electrons. The van der Waals surface area contributed by atoms with Crippen LogP contribution in [-0.2, 0) is 27.4 Å². The van der Waals surface area contributed by atoms with E-state index < -0.39 is 11.8 Å². The highest BCUT2D eigenvalue weighted by atomic mass is 19.1. The fourth-order valence-corrected chi connectivity index (χ4v) is 6.00. The molecule has 42 heavy (non-hydrogen) atoms. The standard InChI is InChI=1S/C34H38FN3O4/c1-20(2)31-28(15-14-25-17-26(16-21(3)39)42-34(4,5)41-25)30(22-10-12-24(35)13-11-22)29-19-38(33(36)40)18-23-8-6-7-9-27(23)32(29)37-31/h6-15,20,25-26H,16-19H2,1-5H3,(H2,36,40)/b15-14+/t25-,26+/m1/s1. The predicted molar refractivity (Wildman–Crippen MR) is 161 cm³/mol. The van der Waals surface area contributed by atoms with Gasteiger partial charge in [0.2, 0.25) is 0 Å². The zero-order valence-corrected chi connectivity index (χ0v) is 24.8. The second-order valence-electron chi connectivity index (χ2n) is 11.9. The van der Waals surface area contributed by atoms with Gasteiger partial charge in [0.15, 0.2) is 5.79 Å². The topological polar surface area (TPSA) is 94.8 Å². The highest BCUT2D eigenvalue weighted by molar-refractivity contribution is 5.87. The summed E-state index contributed by atoms with van der Waals surface area (Å²) in [6.07, 6.45) is 4.30. The zero-order valence-electron chi connectivity index (χ0n) is 24.8. The number of aromatic nitrogens is 1. The van der Waals surface area contributed by atoms with Crippen LogP contribution in [0.2, 0.25) is 0 Å². The van der Waals surface area contributed by atoms with E-state index in [1.807, 2.05) is 50.3 Å². The van der Waals surface area contributed by atoms with Crippen LogP contribution in [0.15, 0.2) is 54.6 Å². The first kappa shape index (κ1) is 29.6. The normalized spacial score (nSPS) is 19.8. The number of carbonyl (C=O) groups is 2. The van der Waals surface area contributed by atoms with Crippen molar-refractivity contribution in [2.75, 3.05) is 0 Å². The SMILES string of the molecule is CC(=O)C[C@H]1C[C@@H](/C=C/c2c(C(C)C)nc3c(c2-c2ccc(F)cc2)CN(C(N)=O)Cc2ccccc2-3)OC(C)(C)O1. The lowest BCUT2D eigenvalue weighted by Crippen LogP contribution is -2.44. The van der Waals surface area contributed by atoms with Crippen LogP contribution in [0.4, 0.5) is 9.18 Å². The Labute approximate surface area is 246 Å². The van der Waals surface area contributed by atoms with Gasteiger partial charge >= 0.3 is 6.03 Å². The number of amides is 2. The van der Waals surface area contributed by atoms with Gasteiger partial charge in [-0.25, -0.2) is 9.18 Å². The first-order valence-electron chi connectivity index (χ1n) is 14.4. The van der Waals surface area contributed by atoms with E-state index >= 15 is 0 Å². The van der Waals surface area contributed by atoms with E-state index in [1.165, 1.54) is 12.1 Å². The minimum Gasteiger partial charge on any atom is -0.351 e. The van der Waals surface area contributed by atoms with Gasteiger partial charge in [-0.15, -0.1) is 0 Å². The average molecular weight is 572 g/mol. The number of pyridine rings is 1. The summed E-state index contributed by atoms with van der Waals surface area (Å²) < 4.78 is 26.4. The largest absolute Gasteiger partial charge is 0.351 e. The zero-order chi connectivity index (χ0) is 30.2. The molecule has 1 aromatic heterocycles. The molecule has 5 rings (SSSR count). The van der Waals surface area contributed by atoms with Gasteiger partial charge in [-0.05, 0) is 55.5 Å². The number of nitrogens with zero attached hydrogens (tertiary/aromatic N) is 2. The Morgan fingerprint density at radius 1 is 1.12 bits per heavy atom. The third-order valence-electron chi connectivity index (χ3n) is 7.71. The van der Waals surface area contributed by atoms with E-state index in [0.29, 0.717) is 19.4 Å². The number of Topliss-reactive ketones (excluding diaryl/α,β-unsaturated/α-hetero) is 1. The molecule has 2 atom stereocenters. The number of fused-ring (bicyclic) bond motifs is 3. The maximum atomic E-state index is 14.1. The molecule has 2 amide bonds. The summed E-state index contributed by atoms with van der Waals surface area (Å²) in [5.74, 6) is -1.07. The van der Waals surface area contributed by atoms with Gasteiger partial charge in [-0.1, -0.05) is 62.4 Å². The molecular weight excluding hydrogens is 533 g/mol. The second-order valence-corrected chi connectivity index (χ2v) is 11.9. The molecule has 1 fully saturated rings. The minimum atomic E-state index is -0.855. The molecule has 3 heterocycles. The average Bonchev–Trinajstić information content (AvgIpc) is 3.07. The number of rotatable bonds is 6. The molecule has 8 heteroatoms. The summed E-state index contributed by atoms with van der Waals surface area (Å²) in [6, 6.07) is 13.8. The molecule has 2 aromatic carbocycles. The van der Waals surface area contributed by atoms with Crippen molar-refractivity contribution in [2.24, 2.45) is 5.73 Å². The van der Waals surface area contributed by atoms with E-state index in [-0.39, 0.29) is 36.3 Å². The Bertz CT molecular complexity index is 1530. The van der Waals surface area contributed by atoms with Crippen molar-refractivity contribution in [1.29, 1.82) is 0 Å². The Hall–Kier alpha value is -3.88. The van der Waals surface area contributed by atoms with E-state index in [0.717, 1.165) is 44.8 Å². The molecule has 0 saturated carbocycles. The van der Waals surface area contributed by atoms with Crippen LogP contribution in [0, 0.1) is 5.82 Å². The van der Waals surface area contributed by atoms with Crippen molar-refractivity contribution >= 4 is 17.9 Å². The van der Waals surface area contributed by atoms with Crippen LogP contribution >= 0.6 is 0 Å². The predicted octanol–water partition coefficient (Wildman–Crippen LogP) is 6.97. The quantitative estimate of drug-likeness (QED) is 0.345. The Morgan fingerprint density at radius 2 is 1.83 bits per heavy atom. The summed E-state index contributed by atoms with van der Waals surface area (Å²) in [5, 5.41) is 0. The molecule has 0 aliphatic carbocycles. The Kier molecular flexibility index (Phi) is 8.30. The van der Waals surface area contributed by atoms with Crippen LogP contribution in [0.25, 0.3) is 28.5 Å². The number of primary amides is 1. The number of ether oxygens (including phenoxy) is 2. The van der Waals surface area contributed by atoms with Crippen LogP contribution in [0.1, 0.15) is 75.8 Å². The first-order chi connectivity index (χ1) is 19.9. The first-order valence-corrected chi connectivity index (χ1v) is 14.4. The van der Waals surface area contributed by atoms with Gasteiger partial charge in [-0.3, -0.25) is 9.78 Å². The number of ketones is 1. The lowest BCUT2D eigenvalue weighted by Gasteiger charge is -2.39. The highest BCUT2D eigenvalue weighted by Crippen LogP contribution is 2.42. The van der Waals surface area contributed by atoms with Gasteiger partial charge < -0.3 is 20.1 Å². The van der Waals surface area contributed by atoms with Gasteiger partial charge in [0.1, 0.15) is 11.6 Å². The number of carbonyl (C=O) groups excluding carboxylic acids is 2. The second kappa shape index (κ2) is 11.8. The third-order valence-corrected chi connectivity index (χ3v) is 7.71. The molecular formula is C34H38FN3O4. The lowest BCUT2D eigenvalue weighted by molar-refractivity contribution is -0.289. The Balaban J connectivity index is 1.73. The summed E-state index contributed by atoms with van der Waals surface area (Å²) in [6.45, 7) is 10.1.